The molecule has 112 valence electrons. The first-order chi connectivity index (χ1) is 9.47. The molecule has 0 spiro atoms. The fourth-order valence-corrected chi connectivity index (χ4v) is 2.28. The smallest absolute Gasteiger partial charge is 0.234 e. The van der Waals surface area contributed by atoms with Crippen molar-refractivity contribution >= 4 is 5.91 Å². The number of rotatable bonds is 7. The highest BCUT2D eigenvalue weighted by molar-refractivity contribution is 5.78. The SMILES string of the molecule is CCCNC(=O)CN(C)C(c1ccccc1F)C(C)N. The Labute approximate surface area is 120 Å². The number of hydrogen-bond acceptors (Lipinski definition) is 3. The minimum atomic E-state index is -0.330. The number of halogens is 1. The molecule has 0 aliphatic heterocycles. The highest BCUT2D eigenvalue weighted by Gasteiger charge is 2.25. The van der Waals surface area contributed by atoms with Gasteiger partial charge in [0, 0.05) is 18.2 Å². The first-order valence-corrected chi connectivity index (χ1v) is 6.94. The number of nitrogens with two attached hydrogens (primary N) is 1. The van der Waals surface area contributed by atoms with Gasteiger partial charge in [0.25, 0.3) is 0 Å². The zero-order chi connectivity index (χ0) is 15.1. The van der Waals surface area contributed by atoms with Gasteiger partial charge in [-0.1, -0.05) is 25.1 Å². The Morgan fingerprint density at radius 3 is 2.65 bits per heavy atom. The van der Waals surface area contributed by atoms with Crippen LogP contribution in [0, 0.1) is 5.82 Å². The zero-order valence-electron chi connectivity index (χ0n) is 12.4. The van der Waals surface area contributed by atoms with Crippen molar-refractivity contribution in [1.82, 2.24) is 10.2 Å². The number of nitrogens with one attached hydrogen (secondary N) is 1. The lowest BCUT2D eigenvalue weighted by Crippen LogP contribution is -2.43. The van der Waals surface area contributed by atoms with E-state index in [-0.39, 0.29) is 30.4 Å². The Morgan fingerprint density at radius 1 is 1.45 bits per heavy atom. The van der Waals surface area contributed by atoms with E-state index in [0.29, 0.717) is 12.1 Å². The van der Waals surface area contributed by atoms with Crippen LogP contribution in [0.4, 0.5) is 4.39 Å². The van der Waals surface area contributed by atoms with Crippen LogP contribution in [0.15, 0.2) is 24.3 Å². The maximum atomic E-state index is 13.9. The van der Waals surface area contributed by atoms with Crippen LogP contribution in [0.25, 0.3) is 0 Å². The number of likely N-dealkylation sites (N-methyl/N-ethyl adjacent to an activating group) is 1. The maximum absolute atomic E-state index is 13.9. The number of hydrogen-bond donors (Lipinski definition) is 2. The monoisotopic (exact) mass is 281 g/mol. The fourth-order valence-electron chi connectivity index (χ4n) is 2.28. The van der Waals surface area contributed by atoms with Crippen molar-refractivity contribution in [2.75, 3.05) is 20.1 Å². The Kier molecular flexibility index (Phi) is 6.61. The number of benzene rings is 1. The van der Waals surface area contributed by atoms with E-state index in [1.807, 2.05) is 13.8 Å². The third kappa shape index (κ3) is 4.58. The maximum Gasteiger partial charge on any atom is 0.234 e. The Balaban J connectivity index is 2.81. The molecule has 0 bridgehead atoms. The van der Waals surface area contributed by atoms with Crippen LogP contribution in [0.5, 0.6) is 0 Å². The molecule has 1 amide bonds. The van der Waals surface area contributed by atoms with Crippen LogP contribution in [0.1, 0.15) is 31.9 Å². The summed E-state index contributed by atoms with van der Waals surface area (Å²) in [6.07, 6.45) is 0.888. The second-order valence-corrected chi connectivity index (χ2v) is 5.09. The van der Waals surface area contributed by atoms with Gasteiger partial charge >= 0.3 is 0 Å². The lowest BCUT2D eigenvalue weighted by Gasteiger charge is -2.31. The first kappa shape index (κ1) is 16.6. The second-order valence-electron chi connectivity index (χ2n) is 5.09. The standard InChI is InChI=1S/C15H24FN3O/c1-4-9-18-14(20)10-19(3)15(11(2)17)12-7-5-6-8-13(12)16/h5-8,11,15H,4,9-10,17H2,1-3H3,(H,18,20). The third-order valence-electron chi connectivity index (χ3n) is 3.16. The molecule has 0 aliphatic rings. The van der Waals surface area contributed by atoms with Crippen molar-refractivity contribution in [2.45, 2.75) is 32.4 Å². The molecule has 0 saturated carbocycles. The summed E-state index contributed by atoms with van der Waals surface area (Å²) in [7, 11) is 1.78. The van der Waals surface area contributed by atoms with Crippen molar-refractivity contribution in [3.05, 3.63) is 35.6 Å². The molecule has 4 nitrogen and oxygen atoms in total. The van der Waals surface area contributed by atoms with E-state index >= 15 is 0 Å². The van der Waals surface area contributed by atoms with Crippen LogP contribution in [0.2, 0.25) is 0 Å². The van der Waals surface area contributed by atoms with Gasteiger partial charge in [0.1, 0.15) is 5.82 Å². The van der Waals surface area contributed by atoms with E-state index in [9.17, 15) is 9.18 Å². The van der Waals surface area contributed by atoms with E-state index in [2.05, 4.69) is 5.32 Å². The average molecular weight is 281 g/mol. The molecule has 1 aromatic carbocycles. The molecule has 2 atom stereocenters. The van der Waals surface area contributed by atoms with Crippen molar-refractivity contribution < 1.29 is 9.18 Å². The summed E-state index contributed by atoms with van der Waals surface area (Å²) >= 11 is 0. The Morgan fingerprint density at radius 2 is 2.10 bits per heavy atom. The molecule has 0 saturated heterocycles. The summed E-state index contributed by atoms with van der Waals surface area (Å²) in [5.41, 5.74) is 6.50. The third-order valence-corrected chi connectivity index (χ3v) is 3.16. The van der Waals surface area contributed by atoms with Gasteiger partial charge in [-0.05, 0) is 26.5 Å². The van der Waals surface area contributed by atoms with Gasteiger partial charge in [-0.3, -0.25) is 9.69 Å². The largest absolute Gasteiger partial charge is 0.355 e. The lowest BCUT2D eigenvalue weighted by atomic mass is 9.99. The highest BCUT2D eigenvalue weighted by Crippen LogP contribution is 2.24. The molecule has 0 aromatic heterocycles. The minimum absolute atomic E-state index is 0.0728. The number of carbonyl (C=O) groups excluding carboxylic acids is 1. The van der Waals surface area contributed by atoms with Gasteiger partial charge in [-0.15, -0.1) is 0 Å². The zero-order valence-corrected chi connectivity index (χ0v) is 12.4. The van der Waals surface area contributed by atoms with Gasteiger partial charge in [-0.2, -0.15) is 0 Å². The summed E-state index contributed by atoms with van der Waals surface area (Å²) in [6, 6.07) is 5.93. The number of carbonyl (C=O) groups is 1. The van der Waals surface area contributed by atoms with Gasteiger partial charge in [-0.25, -0.2) is 4.39 Å². The van der Waals surface area contributed by atoms with E-state index in [4.69, 9.17) is 5.73 Å². The molecule has 1 aromatic rings. The molecule has 3 N–H and O–H groups in total. The minimum Gasteiger partial charge on any atom is -0.355 e. The van der Waals surface area contributed by atoms with E-state index in [1.54, 1.807) is 30.1 Å². The average Bonchev–Trinajstić information content (AvgIpc) is 2.38. The summed E-state index contributed by atoms with van der Waals surface area (Å²) in [5.74, 6) is -0.369. The number of amides is 1. The van der Waals surface area contributed by atoms with Crippen LogP contribution < -0.4 is 11.1 Å². The van der Waals surface area contributed by atoms with Crippen LogP contribution >= 0.6 is 0 Å². The molecular formula is C15H24FN3O. The molecule has 0 aliphatic carbocycles. The summed E-state index contributed by atoms with van der Waals surface area (Å²) in [5, 5.41) is 2.81. The van der Waals surface area contributed by atoms with E-state index < -0.39 is 0 Å². The lowest BCUT2D eigenvalue weighted by molar-refractivity contribution is -0.122. The van der Waals surface area contributed by atoms with E-state index in [1.165, 1.54) is 6.07 Å². The van der Waals surface area contributed by atoms with Crippen LogP contribution in [-0.4, -0.2) is 37.0 Å². The van der Waals surface area contributed by atoms with Gasteiger partial charge in [0.05, 0.1) is 12.6 Å². The van der Waals surface area contributed by atoms with Crippen molar-refractivity contribution in [3.8, 4) is 0 Å². The fraction of sp³-hybridized carbons (Fsp3) is 0.533. The van der Waals surface area contributed by atoms with Gasteiger partial charge in [0.2, 0.25) is 5.91 Å². The molecule has 1 rings (SSSR count). The molecule has 0 radical (unpaired) electrons. The topological polar surface area (TPSA) is 58.4 Å². The Hall–Kier alpha value is -1.46. The highest BCUT2D eigenvalue weighted by atomic mass is 19.1. The van der Waals surface area contributed by atoms with Crippen molar-refractivity contribution in [1.29, 1.82) is 0 Å². The summed E-state index contributed by atoms with van der Waals surface area (Å²) in [4.78, 5) is 13.6. The normalized spacial score (nSPS) is 14.1. The number of nitrogens with zero attached hydrogens (tertiary/aromatic N) is 1. The van der Waals surface area contributed by atoms with Crippen molar-refractivity contribution in [2.24, 2.45) is 5.73 Å². The predicted molar refractivity (Wildman–Crippen MR) is 78.7 cm³/mol. The molecular weight excluding hydrogens is 257 g/mol. The van der Waals surface area contributed by atoms with E-state index in [0.717, 1.165) is 6.42 Å². The summed E-state index contributed by atoms with van der Waals surface area (Å²) < 4.78 is 13.9. The first-order valence-electron chi connectivity index (χ1n) is 6.94. The molecule has 5 heteroatoms. The molecule has 0 heterocycles. The quantitative estimate of drug-likeness (QED) is 0.799. The van der Waals surface area contributed by atoms with Crippen molar-refractivity contribution in [3.63, 3.8) is 0 Å². The van der Waals surface area contributed by atoms with Crippen LogP contribution in [0.3, 0.4) is 0 Å². The molecule has 20 heavy (non-hydrogen) atoms. The molecule has 2 unspecified atom stereocenters. The predicted octanol–water partition coefficient (Wildman–Crippen LogP) is 1.67. The van der Waals surface area contributed by atoms with Gasteiger partial charge in [0.15, 0.2) is 0 Å². The second kappa shape index (κ2) is 7.97. The van der Waals surface area contributed by atoms with Crippen LogP contribution in [-0.2, 0) is 4.79 Å². The van der Waals surface area contributed by atoms with Gasteiger partial charge < -0.3 is 11.1 Å². The molecule has 0 fully saturated rings. The summed E-state index contributed by atoms with van der Waals surface area (Å²) in [6.45, 7) is 4.65. The Bertz CT molecular complexity index is 437.